The van der Waals surface area contributed by atoms with Crippen molar-refractivity contribution in [3.63, 3.8) is 0 Å². The average molecular weight is 347 g/mol. The van der Waals surface area contributed by atoms with Gasteiger partial charge >= 0.3 is 0 Å². The Balaban J connectivity index is 2.05. The van der Waals surface area contributed by atoms with Crippen molar-refractivity contribution >= 4 is 20.9 Å². The summed E-state index contributed by atoms with van der Waals surface area (Å²) >= 11 is 0. The molecule has 0 atom stereocenters. The van der Waals surface area contributed by atoms with Gasteiger partial charge in [0.1, 0.15) is 0 Å². The van der Waals surface area contributed by atoms with Crippen molar-refractivity contribution in [2.45, 2.75) is 11.8 Å². The van der Waals surface area contributed by atoms with Gasteiger partial charge in [0.2, 0.25) is 0 Å². The van der Waals surface area contributed by atoms with E-state index in [9.17, 15) is 8.42 Å². The second kappa shape index (κ2) is 5.90. The number of hydrogen-bond acceptors (Lipinski definition) is 2. The van der Waals surface area contributed by atoms with E-state index in [1.54, 1.807) is 12.1 Å². The van der Waals surface area contributed by atoms with Crippen molar-refractivity contribution < 1.29 is 8.42 Å². The van der Waals surface area contributed by atoms with E-state index in [1.165, 1.54) is 3.97 Å². The Bertz CT molecular complexity index is 1140. The van der Waals surface area contributed by atoms with Crippen LogP contribution in [0.4, 0.5) is 0 Å². The molecule has 3 nitrogen and oxygen atoms in total. The van der Waals surface area contributed by atoms with Crippen LogP contribution in [0, 0.1) is 6.92 Å². The molecule has 4 heteroatoms. The maximum atomic E-state index is 13.4. The SMILES string of the molecule is Cc1ccc(S(=O)(=O)n2c(-c3ccccc3)cc3ccccc32)cc1. The first-order valence-electron chi connectivity index (χ1n) is 8.05. The lowest BCUT2D eigenvalue weighted by Gasteiger charge is -2.12. The molecule has 1 aromatic heterocycles. The Labute approximate surface area is 147 Å². The van der Waals surface area contributed by atoms with E-state index < -0.39 is 10.0 Å². The number of benzene rings is 3. The molecule has 4 aromatic rings. The molecule has 0 saturated heterocycles. The van der Waals surface area contributed by atoms with Gasteiger partial charge in [-0.3, -0.25) is 0 Å². The minimum Gasteiger partial charge on any atom is -0.233 e. The zero-order valence-corrected chi connectivity index (χ0v) is 14.6. The van der Waals surface area contributed by atoms with Gasteiger partial charge < -0.3 is 0 Å². The van der Waals surface area contributed by atoms with Crippen LogP contribution < -0.4 is 0 Å². The summed E-state index contributed by atoms with van der Waals surface area (Å²) in [5, 5.41) is 0.900. The zero-order chi connectivity index (χ0) is 17.4. The molecular weight excluding hydrogens is 330 g/mol. The second-order valence-electron chi connectivity index (χ2n) is 6.04. The molecule has 1 heterocycles. The lowest BCUT2D eigenvalue weighted by atomic mass is 10.1. The molecule has 0 saturated carbocycles. The van der Waals surface area contributed by atoms with E-state index in [-0.39, 0.29) is 4.90 Å². The largest absolute Gasteiger partial charge is 0.268 e. The van der Waals surface area contributed by atoms with Crippen LogP contribution >= 0.6 is 0 Å². The van der Waals surface area contributed by atoms with Crippen molar-refractivity contribution in [1.82, 2.24) is 3.97 Å². The molecule has 0 fully saturated rings. The van der Waals surface area contributed by atoms with Crippen LogP contribution in [0.1, 0.15) is 5.56 Å². The Morgan fingerprint density at radius 3 is 2.12 bits per heavy atom. The summed E-state index contributed by atoms with van der Waals surface area (Å²) in [7, 11) is -3.70. The van der Waals surface area contributed by atoms with Gasteiger partial charge in [0.25, 0.3) is 10.0 Å². The number of fused-ring (bicyclic) bond motifs is 1. The summed E-state index contributed by atoms with van der Waals surface area (Å²) in [5.41, 5.74) is 3.25. The fourth-order valence-corrected chi connectivity index (χ4v) is 4.55. The van der Waals surface area contributed by atoms with E-state index in [0.29, 0.717) is 11.2 Å². The van der Waals surface area contributed by atoms with E-state index >= 15 is 0 Å². The first kappa shape index (κ1) is 15.7. The highest BCUT2D eigenvalue weighted by atomic mass is 32.2. The molecule has 0 aliphatic carbocycles. The third kappa shape index (κ3) is 2.65. The van der Waals surface area contributed by atoms with Crippen LogP contribution in [-0.2, 0) is 10.0 Å². The standard InChI is InChI=1S/C21H17NO2S/c1-16-11-13-19(14-12-16)25(23,24)22-20-10-6-5-9-18(20)15-21(22)17-7-3-2-4-8-17/h2-15H,1H3. The van der Waals surface area contributed by atoms with Crippen LogP contribution in [0.3, 0.4) is 0 Å². The highest BCUT2D eigenvalue weighted by molar-refractivity contribution is 7.90. The van der Waals surface area contributed by atoms with Crippen molar-refractivity contribution in [3.05, 3.63) is 90.5 Å². The summed E-state index contributed by atoms with van der Waals surface area (Å²) in [6, 6.07) is 26.0. The normalized spacial score (nSPS) is 11.7. The number of aryl methyl sites for hydroxylation is 1. The predicted molar refractivity (Wildman–Crippen MR) is 101 cm³/mol. The molecule has 0 aliphatic rings. The summed E-state index contributed by atoms with van der Waals surface area (Å²) in [5.74, 6) is 0. The first-order valence-corrected chi connectivity index (χ1v) is 9.49. The van der Waals surface area contributed by atoms with Gasteiger partial charge in [-0.2, -0.15) is 0 Å². The van der Waals surface area contributed by atoms with Gasteiger partial charge in [-0.15, -0.1) is 0 Å². The summed E-state index contributed by atoms with van der Waals surface area (Å²) in [4.78, 5) is 0.289. The van der Waals surface area contributed by atoms with Crippen molar-refractivity contribution in [2.24, 2.45) is 0 Å². The fourth-order valence-electron chi connectivity index (χ4n) is 3.01. The van der Waals surface area contributed by atoms with Crippen LogP contribution in [0.15, 0.2) is 89.8 Å². The third-order valence-electron chi connectivity index (χ3n) is 4.30. The monoisotopic (exact) mass is 347 g/mol. The molecule has 124 valence electrons. The van der Waals surface area contributed by atoms with Crippen molar-refractivity contribution in [2.75, 3.05) is 0 Å². The smallest absolute Gasteiger partial charge is 0.233 e. The second-order valence-corrected chi connectivity index (χ2v) is 7.82. The first-order chi connectivity index (χ1) is 12.1. The fraction of sp³-hybridized carbons (Fsp3) is 0.0476. The van der Waals surface area contributed by atoms with Gasteiger partial charge in [0, 0.05) is 5.39 Å². The van der Waals surface area contributed by atoms with Gasteiger partial charge in [-0.1, -0.05) is 66.2 Å². The topological polar surface area (TPSA) is 39.1 Å². The van der Waals surface area contributed by atoms with E-state index in [0.717, 1.165) is 16.5 Å². The van der Waals surface area contributed by atoms with Gasteiger partial charge in [0.05, 0.1) is 16.1 Å². The Morgan fingerprint density at radius 2 is 1.40 bits per heavy atom. The maximum Gasteiger partial charge on any atom is 0.268 e. The van der Waals surface area contributed by atoms with E-state index in [2.05, 4.69) is 0 Å². The highest BCUT2D eigenvalue weighted by Gasteiger charge is 2.23. The predicted octanol–water partition coefficient (Wildman–Crippen LogP) is 4.85. The number of hydrogen-bond donors (Lipinski definition) is 0. The lowest BCUT2D eigenvalue weighted by molar-refractivity contribution is 0.589. The quantitative estimate of drug-likeness (QED) is 0.531. The molecule has 3 aromatic carbocycles. The zero-order valence-electron chi connectivity index (χ0n) is 13.8. The lowest BCUT2D eigenvalue weighted by Crippen LogP contribution is -2.14. The van der Waals surface area contributed by atoms with Crippen LogP contribution in [0.2, 0.25) is 0 Å². The molecule has 0 amide bonds. The van der Waals surface area contributed by atoms with Crippen molar-refractivity contribution in [1.29, 1.82) is 0 Å². The minimum atomic E-state index is -3.70. The Morgan fingerprint density at radius 1 is 0.760 bits per heavy atom. The molecular formula is C21H17NO2S. The summed E-state index contributed by atoms with van der Waals surface area (Å²) in [6.45, 7) is 1.94. The molecule has 0 radical (unpaired) electrons. The number of rotatable bonds is 3. The molecule has 0 bridgehead atoms. The average Bonchev–Trinajstić information content (AvgIpc) is 3.03. The van der Waals surface area contributed by atoms with E-state index in [1.807, 2.05) is 79.7 Å². The number of para-hydroxylation sites is 1. The Hall–Kier alpha value is -2.85. The highest BCUT2D eigenvalue weighted by Crippen LogP contribution is 2.32. The number of aromatic nitrogens is 1. The van der Waals surface area contributed by atoms with Crippen LogP contribution in [-0.4, -0.2) is 12.4 Å². The van der Waals surface area contributed by atoms with Crippen LogP contribution in [0.25, 0.3) is 22.2 Å². The van der Waals surface area contributed by atoms with Gasteiger partial charge in [0.15, 0.2) is 0 Å². The van der Waals surface area contributed by atoms with E-state index in [4.69, 9.17) is 0 Å². The third-order valence-corrected chi connectivity index (χ3v) is 6.04. The molecule has 0 spiro atoms. The molecule has 0 aliphatic heterocycles. The van der Waals surface area contributed by atoms with Gasteiger partial charge in [-0.25, -0.2) is 12.4 Å². The minimum absolute atomic E-state index is 0.289. The summed E-state index contributed by atoms with van der Waals surface area (Å²) < 4.78 is 28.2. The Kier molecular flexibility index (Phi) is 3.70. The number of nitrogens with zero attached hydrogens (tertiary/aromatic N) is 1. The molecule has 0 N–H and O–H groups in total. The van der Waals surface area contributed by atoms with Crippen LogP contribution in [0.5, 0.6) is 0 Å². The maximum absolute atomic E-state index is 13.4. The molecule has 25 heavy (non-hydrogen) atoms. The van der Waals surface area contributed by atoms with Gasteiger partial charge in [-0.05, 0) is 36.8 Å². The molecule has 0 unspecified atom stereocenters. The molecule has 4 rings (SSSR count). The summed E-state index contributed by atoms with van der Waals surface area (Å²) in [6.07, 6.45) is 0. The van der Waals surface area contributed by atoms with Crippen molar-refractivity contribution in [3.8, 4) is 11.3 Å².